The maximum Gasteiger partial charge on any atom is 0.326 e. The Morgan fingerprint density at radius 3 is 1.60 bits per heavy atom. The van der Waals surface area contributed by atoms with Crippen LogP contribution < -0.4 is 61.0 Å². The minimum atomic E-state index is -1.61. The second-order valence-electron chi connectivity index (χ2n) is 12.6. The second kappa shape index (κ2) is 24.0. The van der Waals surface area contributed by atoms with Crippen molar-refractivity contribution in [2.24, 2.45) is 50.3 Å². The lowest BCUT2D eigenvalue weighted by molar-refractivity contribution is -0.142. The average Bonchev–Trinajstić information content (AvgIpc) is 3.03. The third kappa shape index (κ3) is 19.8. The van der Waals surface area contributed by atoms with Gasteiger partial charge in [0.15, 0.2) is 11.9 Å². The number of guanidine groups is 2. The number of carboxylic acid groups (broad SMARTS) is 1. The Hall–Kier alpha value is -5.25. The lowest BCUT2D eigenvalue weighted by Gasteiger charge is -2.27. The molecule has 0 aliphatic carbocycles. The summed E-state index contributed by atoms with van der Waals surface area (Å²) in [6.45, 7) is 6.35. The molecule has 0 aromatic heterocycles. The van der Waals surface area contributed by atoms with E-state index in [9.17, 15) is 43.8 Å². The van der Waals surface area contributed by atoms with E-state index in [2.05, 4.69) is 36.6 Å². The van der Waals surface area contributed by atoms with Crippen LogP contribution >= 0.6 is 0 Å². The fourth-order valence-corrected chi connectivity index (χ4v) is 4.55. The van der Waals surface area contributed by atoms with Gasteiger partial charge < -0.3 is 71.2 Å². The zero-order valence-corrected chi connectivity index (χ0v) is 30.1. The van der Waals surface area contributed by atoms with Crippen molar-refractivity contribution in [2.45, 2.75) is 115 Å². The molecule has 0 saturated carbocycles. The van der Waals surface area contributed by atoms with E-state index in [4.69, 9.17) is 34.4 Å². The molecule has 0 rings (SSSR count). The summed E-state index contributed by atoms with van der Waals surface area (Å²) in [6, 6.07) is -7.88. The number of carbonyl (C=O) groups is 7. The van der Waals surface area contributed by atoms with Gasteiger partial charge in [0.25, 0.3) is 0 Å². The summed E-state index contributed by atoms with van der Waals surface area (Å²) in [5.74, 6) is -6.81. The number of primary amides is 1. The Bertz CT molecular complexity index is 1280. The van der Waals surface area contributed by atoms with Crippen LogP contribution in [-0.2, 0) is 33.6 Å². The number of rotatable bonds is 25. The molecule has 296 valence electrons. The monoisotopic (exact) mass is 743 g/mol. The van der Waals surface area contributed by atoms with Gasteiger partial charge in [-0.05, 0) is 58.3 Å². The van der Waals surface area contributed by atoms with Crippen molar-refractivity contribution in [1.82, 2.24) is 26.6 Å². The molecule has 52 heavy (non-hydrogen) atoms. The highest BCUT2D eigenvalue weighted by Crippen LogP contribution is 2.08. The Kier molecular flexibility index (Phi) is 21.6. The van der Waals surface area contributed by atoms with Crippen LogP contribution in [0.5, 0.6) is 0 Å². The Balaban J connectivity index is 5.76. The molecule has 0 unspecified atom stereocenters. The molecule has 0 fully saturated rings. The first-order chi connectivity index (χ1) is 24.2. The highest BCUT2D eigenvalue weighted by atomic mass is 16.4. The summed E-state index contributed by atoms with van der Waals surface area (Å²) < 4.78 is 0. The first-order valence-electron chi connectivity index (χ1n) is 16.7. The molecule has 22 heteroatoms. The molecule has 6 amide bonds. The van der Waals surface area contributed by atoms with Crippen molar-refractivity contribution in [1.29, 1.82) is 0 Å². The fraction of sp³-hybridized carbons (Fsp3) is 0.700. The summed E-state index contributed by atoms with van der Waals surface area (Å²) in [5.41, 5.74) is 32.4. The highest BCUT2D eigenvalue weighted by molar-refractivity contribution is 5.96. The molecule has 7 atom stereocenters. The Morgan fingerprint density at radius 1 is 0.615 bits per heavy atom. The molecule has 0 radical (unpaired) electrons. The highest BCUT2D eigenvalue weighted by Gasteiger charge is 2.33. The summed E-state index contributed by atoms with van der Waals surface area (Å²) in [4.78, 5) is 95.9. The average molecular weight is 744 g/mol. The topological polar surface area (TPSA) is 401 Å². The number of carboxylic acids is 1. The third-order valence-corrected chi connectivity index (χ3v) is 7.33. The largest absolute Gasteiger partial charge is 0.480 e. The molecule has 0 bridgehead atoms. The van der Waals surface area contributed by atoms with Gasteiger partial charge in [-0.1, -0.05) is 13.8 Å². The number of hydrogen-bond acceptors (Lipinski definition) is 11. The number of nitrogens with two attached hydrogens (primary N) is 6. The quantitative estimate of drug-likeness (QED) is 0.0236. The van der Waals surface area contributed by atoms with Crippen molar-refractivity contribution < 1.29 is 43.8 Å². The second-order valence-corrected chi connectivity index (χ2v) is 12.6. The van der Waals surface area contributed by atoms with Crippen LogP contribution in [-0.4, -0.2) is 119 Å². The number of carbonyl (C=O) groups excluding carboxylic acids is 6. The molecule has 0 heterocycles. The Morgan fingerprint density at radius 2 is 1.12 bits per heavy atom. The van der Waals surface area contributed by atoms with E-state index in [1.165, 1.54) is 13.8 Å². The van der Waals surface area contributed by atoms with Crippen molar-refractivity contribution in [3.63, 3.8) is 0 Å². The zero-order valence-electron chi connectivity index (χ0n) is 30.1. The van der Waals surface area contributed by atoms with Gasteiger partial charge in [0.1, 0.15) is 30.2 Å². The van der Waals surface area contributed by atoms with Gasteiger partial charge in [-0.2, -0.15) is 0 Å². The van der Waals surface area contributed by atoms with Gasteiger partial charge >= 0.3 is 5.97 Å². The number of aliphatic hydroxyl groups excluding tert-OH is 1. The van der Waals surface area contributed by atoms with Crippen LogP contribution in [0.4, 0.5) is 0 Å². The van der Waals surface area contributed by atoms with E-state index < -0.39 is 83.8 Å². The van der Waals surface area contributed by atoms with Crippen LogP contribution in [0.15, 0.2) is 9.98 Å². The zero-order chi connectivity index (χ0) is 40.1. The van der Waals surface area contributed by atoms with E-state index in [0.717, 1.165) is 0 Å². The van der Waals surface area contributed by atoms with E-state index in [1.807, 2.05) is 0 Å². The van der Waals surface area contributed by atoms with Crippen LogP contribution in [0.2, 0.25) is 0 Å². The van der Waals surface area contributed by atoms with Gasteiger partial charge in [0.05, 0.1) is 12.1 Å². The van der Waals surface area contributed by atoms with Crippen molar-refractivity contribution in [3.05, 3.63) is 0 Å². The summed E-state index contributed by atoms with van der Waals surface area (Å²) >= 11 is 0. The van der Waals surface area contributed by atoms with Crippen molar-refractivity contribution in [3.8, 4) is 0 Å². The normalized spacial score (nSPS) is 14.9. The summed E-state index contributed by atoms with van der Waals surface area (Å²) in [6.07, 6.45) is -1.19. The third-order valence-electron chi connectivity index (χ3n) is 7.33. The van der Waals surface area contributed by atoms with E-state index in [1.54, 1.807) is 13.8 Å². The number of aliphatic carboxylic acids is 1. The first kappa shape index (κ1) is 46.8. The van der Waals surface area contributed by atoms with E-state index in [0.29, 0.717) is 6.42 Å². The van der Waals surface area contributed by atoms with Gasteiger partial charge in [0.2, 0.25) is 35.4 Å². The number of amides is 6. The number of aliphatic imine (C=N–C) groups is 2. The number of nitrogens with zero attached hydrogens (tertiary/aromatic N) is 2. The maximum atomic E-state index is 13.4. The van der Waals surface area contributed by atoms with Crippen molar-refractivity contribution in [2.75, 3.05) is 13.1 Å². The molecular formula is C30H57N13O9. The summed E-state index contributed by atoms with van der Waals surface area (Å²) in [5, 5.41) is 31.9. The lowest BCUT2D eigenvalue weighted by atomic mass is 10.0. The SMILES string of the molecule is CC(C)C[C@H](NC(=O)[C@H](C)NC(=O)[C@@H](NC(=O)[C@H](CCCN=C(N)N)NC(=O)[C@@H](N)CCCN=C(N)N)[C@@H](C)O)C(=O)N[C@@H](CCC(N)=O)C(=O)O. The predicted molar refractivity (Wildman–Crippen MR) is 190 cm³/mol. The standard InChI is InChI=1S/C30H57N13O9/c1-14(2)13-20(26(49)41-19(28(51)52)9-10-21(32)45)42-23(46)15(3)39-27(50)22(16(4)44)43-25(48)18(8-6-12-38-30(35)36)40-24(47)17(31)7-5-11-37-29(33)34/h14-20,22,44H,5-13,31H2,1-4H3,(H2,32,45)(H,39,50)(H,40,47)(H,41,49)(H,42,46)(H,43,48)(H,51,52)(H4,33,34,37)(H4,35,36,38)/t15-,16+,17-,18-,19-,20-,22-/m0/s1. The smallest absolute Gasteiger partial charge is 0.326 e. The van der Waals surface area contributed by atoms with Gasteiger partial charge in [-0.15, -0.1) is 0 Å². The lowest BCUT2D eigenvalue weighted by Crippen LogP contribution is -2.61. The van der Waals surface area contributed by atoms with Crippen LogP contribution in [0.1, 0.15) is 72.6 Å². The molecular weight excluding hydrogens is 686 g/mol. The van der Waals surface area contributed by atoms with Crippen LogP contribution in [0.3, 0.4) is 0 Å². The molecule has 0 aromatic rings. The Labute approximate surface area is 302 Å². The molecule has 19 N–H and O–H groups in total. The van der Waals surface area contributed by atoms with E-state index in [-0.39, 0.29) is 69.5 Å². The molecule has 0 aromatic carbocycles. The number of hydrogen-bond donors (Lipinski definition) is 13. The van der Waals surface area contributed by atoms with Crippen LogP contribution in [0.25, 0.3) is 0 Å². The van der Waals surface area contributed by atoms with Gasteiger partial charge in [-0.25, -0.2) is 4.79 Å². The molecule has 0 spiro atoms. The molecule has 0 aliphatic rings. The van der Waals surface area contributed by atoms with Gasteiger partial charge in [-0.3, -0.25) is 38.8 Å². The minimum Gasteiger partial charge on any atom is -0.480 e. The first-order valence-corrected chi connectivity index (χ1v) is 16.7. The van der Waals surface area contributed by atoms with Crippen molar-refractivity contribution >= 4 is 53.3 Å². The molecule has 22 nitrogen and oxygen atoms in total. The summed E-state index contributed by atoms with van der Waals surface area (Å²) in [7, 11) is 0. The molecule has 0 aliphatic heterocycles. The molecule has 0 saturated heterocycles. The predicted octanol–water partition coefficient (Wildman–Crippen LogP) is -5.36. The fourth-order valence-electron chi connectivity index (χ4n) is 4.55. The van der Waals surface area contributed by atoms with Gasteiger partial charge in [0, 0.05) is 19.5 Å². The minimum absolute atomic E-state index is 0.00655. The maximum absolute atomic E-state index is 13.4. The van der Waals surface area contributed by atoms with Crippen LogP contribution in [0, 0.1) is 5.92 Å². The number of nitrogens with one attached hydrogen (secondary N) is 5. The van der Waals surface area contributed by atoms with E-state index >= 15 is 0 Å². The number of aliphatic hydroxyl groups is 1.